The Labute approximate surface area is 214 Å². The summed E-state index contributed by atoms with van der Waals surface area (Å²) in [5.74, 6) is 4.85. The van der Waals surface area contributed by atoms with Crippen LogP contribution in [0, 0.1) is 17.3 Å². The van der Waals surface area contributed by atoms with E-state index in [1.54, 1.807) is 12.2 Å². The minimum Gasteiger partial charge on any atom is -0.409 e. The van der Waals surface area contributed by atoms with Gasteiger partial charge < -0.3 is 25.8 Å². The number of ketones is 1. The number of aliphatic hydroxyl groups excluding tert-OH is 1. The fourth-order valence-corrected chi connectivity index (χ4v) is 8.87. The number of hydrogen-bond acceptors (Lipinski definition) is 7. The smallest absolute Gasteiger partial charge is 0.192 e. The van der Waals surface area contributed by atoms with Gasteiger partial charge in [0, 0.05) is 17.8 Å². The number of carbonyl (C=O) groups excluding carboxylic acids is 1. The van der Waals surface area contributed by atoms with Crippen molar-refractivity contribution in [1.29, 1.82) is 0 Å². The molecule has 0 bridgehead atoms. The summed E-state index contributed by atoms with van der Waals surface area (Å²) in [5.41, 5.74) is 1.89. The highest BCUT2D eigenvalue weighted by atomic mass is 28.4. The molecule has 5 rings (SSSR count). The fraction of sp³-hybridized carbons (Fsp3) is 0.778. The molecule has 0 unspecified atom stereocenters. The van der Waals surface area contributed by atoms with Crippen LogP contribution in [-0.4, -0.2) is 60.0 Å². The second-order valence-electron chi connectivity index (χ2n) is 13.6. The quantitative estimate of drug-likeness (QED) is 0.226. The van der Waals surface area contributed by atoms with Crippen molar-refractivity contribution in [3.05, 3.63) is 23.8 Å². The number of allylic oxidation sites excluding steroid dienone is 4. The highest BCUT2D eigenvalue weighted by molar-refractivity contribution is 6.74. The van der Waals surface area contributed by atoms with E-state index in [0.29, 0.717) is 25.0 Å². The van der Waals surface area contributed by atoms with Gasteiger partial charge in [0.1, 0.15) is 5.60 Å². The van der Waals surface area contributed by atoms with Gasteiger partial charge in [-0.3, -0.25) is 4.79 Å². The largest absolute Gasteiger partial charge is 0.409 e. The molecule has 0 aromatic heterocycles. The molecule has 0 aromatic carbocycles. The van der Waals surface area contributed by atoms with Crippen LogP contribution in [0.25, 0.3) is 0 Å². The molecular weight excluding hydrogens is 477 g/mol. The zero-order valence-corrected chi connectivity index (χ0v) is 23.7. The Kier molecular flexibility index (Phi) is 5.37. The third-order valence-corrected chi connectivity index (χ3v) is 15.6. The van der Waals surface area contributed by atoms with Crippen molar-refractivity contribution in [3.8, 4) is 0 Å². The van der Waals surface area contributed by atoms with Gasteiger partial charge in [-0.25, -0.2) is 4.39 Å². The lowest BCUT2D eigenvalue weighted by Gasteiger charge is -2.64. The molecule has 0 radical (unpaired) electrons. The standard InChI is InChI=1S/C27H42FN3O4Si/c1-16-12-19-24(29)11-8-17-13-18(31-30)9-10-23(17,5)27(24,28)20(32)14-25(19)26(16,35-25)21(33)15-34-36(6,7)22(2,3)4/h9-10,13,16,19-20,32H,8,11-12,14-15,29-30H2,1-7H3/b31-18+/t16-,19+,20+,23+,24-,25-,26+,27+/m1/s1. The first-order chi connectivity index (χ1) is 16.5. The van der Waals surface area contributed by atoms with Crippen LogP contribution in [-0.2, 0) is 14.0 Å². The summed E-state index contributed by atoms with van der Waals surface area (Å²) in [4.78, 5) is 13.8. The number of carbonyl (C=O) groups is 1. The summed E-state index contributed by atoms with van der Waals surface area (Å²) in [6, 6.07) is 0. The van der Waals surface area contributed by atoms with Gasteiger partial charge in [0.15, 0.2) is 25.4 Å². The van der Waals surface area contributed by atoms with E-state index in [2.05, 4.69) is 39.0 Å². The van der Waals surface area contributed by atoms with Crippen molar-refractivity contribution in [3.63, 3.8) is 0 Å². The van der Waals surface area contributed by atoms with Gasteiger partial charge in [-0.2, -0.15) is 5.10 Å². The number of fused-ring (bicyclic) bond motifs is 4. The van der Waals surface area contributed by atoms with Crippen LogP contribution in [0.3, 0.4) is 0 Å². The first-order valence-electron chi connectivity index (χ1n) is 13.2. The summed E-state index contributed by atoms with van der Waals surface area (Å²) in [6.45, 7) is 14.4. The second-order valence-corrected chi connectivity index (χ2v) is 18.4. The molecule has 4 aliphatic carbocycles. The molecule has 3 saturated carbocycles. The summed E-state index contributed by atoms with van der Waals surface area (Å²) < 4.78 is 30.2. The van der Waals surface area contributed by atoms with E-state index >= 15 is 4.39 Å². The number of Topliss-reactive ketones (excluding diaryl/α,β-unsaturated/α-hetero) is 1. The van der Waals surface area contributed by atoms with Crippen LogP contribution >= 0.6 is 0 Å². The number of nitrogens with zero attached hydrogens (tertiary/aromatic N) is 1. The molecule has 1 spiro atoms. The Bertz CT molecular complexity index is 1100. The van der Waals surface area contributed by atoms with E-state index in [0.717, 1.165) is 5.57 Å². The van der Waals surface area contributed by atoms with Gasteiger partial charge in [0.2, 0.25) is 0 Å². The number of halogens is 1. The number of ether oxygens (including phenoxy) is 1. The van der Waals surface area contributed by atoms with Gasteiger partial charge in [-0.15, -0.1) is 0 Å². The molecule has 1 aliphatic heterocycles. The second kappa shape index (κ2) is 7.37. The normalized spacial score (nSPS) is 48.6. The van der Waals surface area contributed by atoms with Crippen molar-refractivity contribution >= 4 is 19.8 Å². The molecule has 0 aromatic rings. The number of nitrogens with two attached hydrogens (primary N) is 2. The minimum atomic E-state index is -2.15. The SMILES string of the molecule is C[C@@H]1C[C@H]2[C@]3(N)CCC4=C/C(=N/N)C=C[C@]4(C)[C@@]3(F)[C@@H](O)C[C@@]23O[C@]13C(=O)CO[Si](C)(C)C(C)(C)C. The predicted molar refractivity (Wildman–Crippen MR) is 140 cm³/mol. The van der Waals surface area contributed by atoms with Gasteiger partial charge in [0.05, 0.1) is 24.0 Å². The molecule has 9 heteroatoms. The Morgan fingerprint density at radius 2 is 2.06 bits per heavy atom. The van der Waals surface area contributed by atoms with Crippen molar-refractivity contribution in [2.75, 3.05) is 6.61 Å². The number of alkyl halides is 1. The molecule has 1 saturated heterocycles. The Morgan fingerprint density at radius 3 is 2.67 bits per heavy atom. The van der Waals surface area contributed by atoms with Crippen molar-refractivity contribution in [2.45, 2.75) is 107 Å². The molecule has 1 heterocycles. The fourth-order valence-electron chi connectivity index (χ4n) is 7.94. The van der Waals surface area contributed by atoms with Crippen molar-refractivity contribution in [1.82, 2.24) is 0 Å². The number of aliphatic hydroxyl groups is 1. The topological polar surface area (TPSA) is 123 Å². The number of hydrazone groups is 1. The Morgan fingerprint density at radius 1 is 1.39 bits per heavy atom. The van der Waals surface area contributed by atoms with E-state index in [-0.39, 0.29) is 35.7 Å². The van der Waals surface area contributed by atoms with E-state index in [4.69, 9.17) is 20.7 Å². The molecule has 5 aliphatic rings. The lowest BCUT2D eigenvalue weighted by Crippen LogP contribution is -2.79. The average Bonchev–Trinajstić information content (AvgIpc) is 3.39. The molecule has 7 nitrogen and oxygen atoms in total. The monoisotopic (exact) mass is 519 g/mol. The summed E-state index contributed by atoms with van der Waals surface area (Å²) in [7, 11) is -2.15. The van der Waals surface area contributed by atoms with Crippen molar-refractivity contribution in [2.24, 2.45) is 33.9 Å². The first-order valence-corrected chi connectivity index (χ1v) is 16.1. The Balaban J connectivity index is 1.49. The lowest BCUT2D eigenvalue weighted by molar-refractivity contribution is -0.191. The highest BCUT2D eigenvalue weighted by Crippen LogP contribution is 2.76. The molecule has 5 N–H and O–H groups in total. The third kappa shape index (κ3) is 2.81. The van der Waals surface area contributed by atoms with Crippen LogP contribution in [0.2, 0.25) is 18.1 Å². The third-order valence-electron chi connectivity index (χ3n) is 11.1. The van der Waals surface area contributed by atoms with Gasteiger partial charge in [-0.05, 0) is 62.4 Å². The average molecular weight is 520 g/mol. The molecule has 4 fully saturated rings. The van der Waals surface area contributed by atoms with E-state index in [9.17, 15) is 9.90 Å². The zero-order chi connectivity index (χ0) is 26.7. The highest BCUT2D eigenvalue weighted by Gasteiger charge is 2.90. The predicted octanol–water partition coefficient (Wildman–Crippen LogP) is 3.52. The maximum Gasteiger partial charge on any atom is 0.192 e. The van der Waals surface area contributed by atoms with Crippen LogP contribution < -0.4 is 11.6 Å². The number of hydrogen-bond donors (Lipinski definition) is 3. The van der Waals surface area contributed by atoms with Crippen LogP contribution in [0.15, 0.2) is 28.9 Å². The summed E-state index contributed by atoms with van der Waals surface area (Å²) in [5, 5.41) is 15.3. The molecule has 200 valence electrons. The van der Waals surface area contributed by atoms with Crippen LogP contribution in [0.1, 0.15) is 60.3 Å². The van der Waals surface area contributed by atoms with E-state index in [1.807, 2.05) is 19.9 Å². The zero-order valence-electron chi connectivity index (χ0n) is 22.7. The van der Waals surface area contributed by atoms with Gasteiger partial charge in [-0.1, -0.05) is 39.3 Å². The van der Waals surface area contributed by atoms with Crippen LogP contribution in [0.5, 0.6) is 0 Å². The number of rotatable bonds is 4. The lowest BCUT2D eigenvalue weighted by atomic mass is 9.44. The summed E-state index contributed by atoms with van der Waals surface area (Å²) >= 11 is 0. The molecule has 8 atom stereocenters. The van der Waals surface area contributed by atoms with Gasteiger partial charge >= 0.3 is 0 Å². The molecule has 36 heavy (non-hydrogen) atoms. The first kappa shape index (κ1) is 26.2. The summed E-state index contributed by atoms with van der Waals surface area (Å²) in [6.07, 6.45) is 5.40. The van der Waals surface area contributed by atoms with E-state index < -0.39 is 42.2 Å². The maximum absolute atomic E-state index is 17.6. The molecule has 0 amide bonds. The maximum atomic E-state index is 17.6. The Hall–Kier alpha value is -1.39. The minimum absolute atomic E-state index is 0.0295. The van der Waals surface area contributed by atoms with Gasteiger partial charge in [0.25, 0.3) is 0 Å². The van der Waals surface area contributed by atoms with Crippen molar-refractivity contribution < 1.29 is 23.5 Å². The number of epoxide rings is 1. The van der Waals surface area contributed by atoms with Crippen LogP contribution in [0.4, 0.5) is 4.39 Å². The van der Waals surface area contributed by atoms with E-state index in [1.165, 1.54) is 0 Å². The molecular formula is C27H42FN3O4Si.